The number of rotatable bonds is 5. The highest BCUT2D eigenvalue weighted by Gasteiger charge is 2.29. The van der Waals surface area contributed by atoms with Crippen LogP contribution in [0.2, 0.25) is 5.02 Å². The van der Waals surface area contributed by atoms with E-state index in [1.165, 1.54) is 18.5 Å². The number of aliphatic hydroxyl groups excluding tert-OH is 1. The van der Waals surface area contributed by atoms with Crippen LogP contribution in [-0.4, -0.2) is 30.7 Å². The zero-order chi connectivity index (χ0) is 13.1. The molecule has 5 nitrogen and oxygen atoms in total. The summed E-state index contributed by atoms with van der Waals surface area (Å²) in [5, 5.41) is 9.29. The summed E-state index contributed by atoms with van der Waals surface area (Å²) in [5.74, 6) is 0. The van der Waals surface area contributed by atoms with Crippen LogP contribution in [0, 0.1) is 0 Å². The van der Waals surface area contributed by atoms with E-state index in [9.17, 15) is 13.5 Å². The summed E-state index contributed by atoms with van der Waals surface area (Å²) in [7, 11) is -3.78. The maximum absolute atomic E-state index is 12.0. The largest absolute Gasteiger partial charge is 0.394 e. The second kappa shape index (κ2) is 5.30. The fraction of sp³-hybridized carbons (Fsp3) is 0.500. The summed E-state index contributed by atoms with van der Waals surface area (Å²) < 4.78 is 26.5. The first-order valence-electron chi connectivity index (χ1n) is 5.09. The van der Waals surface area contributed by atoms with Crippen LogP contribution in [0.3, 0.4) is 0 Å². The van der Waals surface area contributed by atoms with Crippen molar-refractivity contribution in [3.8, 4) is 0 Å². The monoisotopic (exact) mass is 278 g/mol. The number of hydrogen-bond donors (Lipinski definition) is 2. The standard InChI is InChI=1S/C10H15ClN2O3S/c1-3-10(2,7-14)13-17(15,16)9-6-12-5-4-8(9)11/h4-6,13-14H,3,7H2,1-2H3. The molecule has 0 aliphatic carbocycles. The van der Waals surface area contributed by atoms with Crippen LogP contribution in [0.5, 0.6) is 0 Å². The van der Waals surface area contributed by atoms with Gasteiger partial charge in [0.05, 0.1) is 17.2 Å². The second-order valence-corrected chi connectivity index (χ2v) is 6.04. The number of hydrogen-bond acceptors (Lipinski definition) is 4. The summed E-state index contributed by atoms with van der Waals surface area (Å²) in [6.45, 7) is 3.11. The lowest BCUT2D eigenvalue weighted by molar-refractivity contribution is 0.191. The molecule has 96 valence electrons. The van der Waals surface area contributed by atoms with Gasteiger partial charge < -0.3 is 5.11 Å². The molecular formula is C10H15ClN2O3S. The number of halogens is 1. The number of aromatic nitrogens is 1. The molecule has 0 saturated carbocycles. The summed E-state index contributed by atoms with van der Waals surface area (Å²) in [4.78, 5) is 3.64. The molecule has 0 aromatic carbocycles. The van der Waals surface area contributed by atoms with Crippen molar-refractivity contribution in [2.24, 2.45) is 0 Å². The molecule has 17 heavy (non-hydrogen) atoms. The number of aliphatic hydroxyl groups is 1. The fourth-order valence-electron chi connectivity index (χ4n) is 1.16. The van der Waals surface area contributed by atoms with Gasteiger partial charge in [0.25, 0.3) is 0 Å². The van der Waals surface area contributed by atoms with Gasteiger partial charge in [0.15, 0.2) is 0 Å². The Morgan fingerprint density at radius 2 is 2.24 bits per heavy atom. The Balaban J connectivity index is 3.10. The van der Waals surface area contributed by atoms with E-state index in [4.69, 9.17) is 11.6 Å². The van der Waals surface area contributed by atoms with Gasteiger partial charge in [-0.05, 0) is 19.4 Å². The van der Waals surface area contributed by atoms with Crippen LogP contribution < -0.4 is 4.72 Å². The van der Waals surface area contributed by atoms with E-state index in [1.807, 2.05) is 0 Å². The molecule has 2 N–H and O–H groups in total. The van der Waals surface area contributed by atoms with E-state index >= 15 is 0 Å². The molecule has 1 aromatic heterocycles. The molecule has 1 heterocycles. The highest BCUT2D eigenvalue weighted by Crippen LogP contribution is 2.21. The molecular weight excluding hydrogens is 264 g/mol. The molecule has 1 unspecified atom stereocenters. The van der Waals surface area contributed by atoms with Gasteiger partial charge >= 0.3 is 0 Å². The minimum Gasteiger partial charge on any atom is -0.394 e. The first kappa shape index (κ1) is 14.4. The predicted molar refractivity (Wildman–Crippen MR) is 65.4 cm³/mol. The summed E-state index contributed by atoms with van der Waals surface area (Å²) in [6, 6.07) is 1.40. The minimum absolute atomic E-state index is 0.0882. The molecule has 1 rings (SSSR count). The molecule has 0 amide bonds. The topological polar surface area (TPSA) is 79.3 Å². The molecule has 0 aliphatic rings. The number of sulfonamides is 1. The Bertz CT molecular complexity index is 486. The smallest absolute Gasteiger partial charge is 0.244 e. The van der Waals surface area contributed by atoms with E-state index in [1.54, 1.807) is 13.8 Å². The molecule has 0 aliphatic heterocycles. The van der Waals surface area contributed by atoms with Gasteiger partial charge in [-0.3, -0.25) is 4.98 Å². The number of nitrogens with zero attached hydrogens (tertiary/aromatic N) is 1. The predicted octanol–water partition coefficient (Wildman–Crippen LogP) is 1.17. The quantitative estimate of drug-likeness (QED) is 0.847. The summed E-state index contributed by atoms with van der Waals surface area (Å²) in [5.41, 5.74) is -0.905. The maximum Gasteiger partial charge on any atom is 0.244 e. The third-order valence-electron chi connectivity index (χ3n) is 2.53. The number of nitrogens with one attached hydrogen (secondary N) is 1. The van der Waals surface area contributed by atoms with Gasteiger partial charge in [-0.1, -0.05) is 18.5 Å². The van der Waals surface area contributed by atoms with E-state index in [0.29, 0.717) is 6.42 Å². The molecule has 7 heteroatoms. The van der Waals surface area contributed by atoms with Gasteiger partial charge in [0.2, 0.25) is 10.0 Å². The van der Waals surface area contributed by atoms with E-state index in [-0.39, 0.29) is 16.5 Å². The molecule has 1 aromatic rings. The normalized spacial score (nSPS) is 15.5. The van der Waals surface area contributed by atoms with Gasteiger partial charge in [-0.25, -0.2) is 13.1 Å². The molecule has 0 saturated heterocycles. The van der Waals surface area contributed by atoms with Crippen LogP contribution in [-0.2, 0) is 10.0 Å². The number of pyridine rings is 1. The van der Waals surface area contributed by atoms with Gasteiger partial charge in [-0.15, -0.1) is 0 Å². The van der Waals surface area contributed by atoms with Crippen molar-refractivity contribution in [3.63, 3.8) is 0 Å². The van der Waals surface area contributed by atoms with Gasteiger partial charge in [0, 0.05) is 12.4 Å². The van der Waals surface area contributed by atoms with Gasteiger partial charge in [-0.2, -0.15) is 0 Å². The average Bonchev–Trinajstić information content (AvgIpc) is 2.28. The van der Waals surface area contributed by atoms with Crippen molar-refractivity contribution in [2.45, 2.75) is 30.7 Å². The lowest BCUT2D eigenvalue weighted by atomic mass is 10.0. The van der Waals surface area contributed by atoms with E-state index < -0.39 is 15.6 Å². The minimum atomic E-state index is -3.78. The van der Waals surface area contributed by atoms with Gasteiger partial charge in [0.1, 0.15) is 4.90 Å². The molecule has 0 bridgehead atoms. The zero-order valence-electron chi connectivity index (χ0n) is 9.64. The first-order valence-corrected chi connectivity index (χ1v) is 6.95. The van der Waals surface area contributed by atoms with Crippen LogP contribution >= 0.6 is 11.6 Å². The summed E-state index contributed by atoms with van der Waals surface area (Å²) in [6.07, 6.45) is 3.05. The molecule has 0 radical (unpaired) electrons. The first-order chi connectivity index (χ1) is 7.84. The highest BCUT2D eigenvalue weighted by atomic mass is 35.5. The molecule has 0 fully saturated rings. The van der Waals surface area contributed by atoms with Crippen LogP contribution in [0.1, 0.15) is 20.3 Å². The van der Waals surface area contributed by atoms with Crippen molar-refractivity contribution < 1.29 is 13.5 Å². The summed E-state index contributed by atoms with van der Waals surface area (Å²) >= 11 is 5.80. The Morgan fingerprint density at radius 1 is 1.59 bits per heavy atom. The Labute approximate surface area is 106 Å². The van der Waals surface area contributed by atoms with Crippen LogP contribution in [0.25, 0.3) is 0 Å². The van der Waals surface area contributed by atoms with E-state index in [2.05, 4.69) is 9.71 Å². The highest BCUT2D eigenvalue weighted by molar-refractivity contribution is 7.89. The van der Waals surface area contributed by atoms with Crippen molar-refractivity contribution in [2.75, 3.05) is 6.61 Å². The lowest BCUT2D eigenvalue weighted by Gasteiger charge is -2.26. The Kier molecular flexibility index (Phi) is 4.48. The average molecular weight is 279 g/mol. The van der Waals surface area contributed by atoms with Crippen LogP contribution in [0.4, 0.5) is 0 Å². The Hall–Kier alpha value is -0.690. The molecule has 0 spiro atoms. The molecule has 1 atom stereocenters. The van der Waals surface area contributed by atoms with Crippen LogP contribution in [0.15, 0.2) is 23.4 Å². The van der Waals surface area contributed by atoms with Crippen molar-refractivity contribution in [3.05, 3.63) is 23.5 Å². The third kappa shape index (κ3) is 3.38. The second-order valence-electron chi connectivity index (χ2n) is 3.98. The Morgan fingerprint density at radius 3 is 2.71 bits per heavy atom. The fourth-order valence-corrected chi connectivity index (χ4v) is 3.06. The third-order valence-corrected chi connectivity index (χ3v) is 4.64. The van der Waals surface area contributed by atoms with Crippen molar-refractivity contribution in [1.29, 1.82) is 0 Å². The lowest BCUT2D eigenvalue weighted by Crippen LogP contribution is -2.48. The van der Waals surface area contributed by atoms with Crippen molar-refractivity contribution in [1.82, 2.24) is 9.71 Å². The van der Waals surface area contributed by atoms with Crippen molar-refractivity contribution >= 4 is 21.6 Å². The zero-order valence-corrected chi connectivity index (χ0v) is 11.2. The maximum atomic E-state index is 12.0. The SMILES string of the molecule is CCC(C)(CO)NS(=O)(=O)c1cnccc1Cl. The van der Waals surface area contributed by atoms with E-state index in [0.717, 1.165) is 0 Å².